The van der Waals surface area contributed by atoms with E-state index in [1.807, 2.05) is 18.2 Å². The molecule has 188 valence electrons. The number of pyridine rings is 1. The molecule has 1 atom stereocenters. The van der Waals surface area contributed by atoms with Crippen LogP contribution in [0.4, 0.5) is 23.0 Å². The van der Waals surface area contributed by atoms with Crippen molar-refractivity contribution in [3.8, 4) is 0 Å². The summed E-state index contributed by atoms with van der Waals surface area (Å²) < 4.78 is 0. The van der Waals surface area contributed by atoms with Crippen LogP contribution in [-0.4, -0.2) is 30.8 Å². The van der Waals surface area contributed by atoms with Gasteiger partial charge in [-0.3, -0.25) is 4.99 Å². The molecule has 1 aliphatic heterocycles. The van der Waals surface area contributed by atoms with Crippen LogP contribution in [0.1, 0.15) is 22.7 Å². The van der Waals surface area contributed by atoms with Gasteiger partial charge >= 0.3 is 0 Å². The Morgan fingerprint density at radius 3 is 2.81 bits per heavy atom. The molecule has 36 heavy (non-hydrogen) atoms. The van der Waals surface area contributed by atoms with Crippen LogP contribution in [0.25, 0.3) is 0 Å². The van der Waals surface area contributed by atoms with Crippen LogP contribution in [-0.2, 0) is 13.0 Å². The summed E-state index contributed by atoms with van der Waals surface area (Å²) in [4.78, 5) is 11.1. The van der Waals surface area contributed by atoms with Crippen LogP contribution < -0.4 is 38.7 Å². The molecule has 0 radical (unpaired) electrons. The van der Waals surface area contributed by atoms with Crippen molar-refractivity contribution in [1.82, 2.24) is 10.3 Å². The molecule has 2 heterocycles. The number of rotatable bonds is 8. The minimum atomic E-state index is 0.223. The van der Waals surface area contributed by atoms with Crippen molar-refractivity contribution in [2.45, 2.75) is 19.0 Å². The second-order valence-electron chi connectivity index (χ2n) is 8.68. The summed E-state index contributed by atoms with van der Waals surface area (Å²) >= 11 is 6.20. The lowest BCUT2D eigenvalue weighted by molar-refractivity contribution is 0.472. The zero-order valence-corrected chi connectivity index (χ0v) is 20.7. The lowest BCUT2D eigenvalue weighted by Crippen LogP contribution is -2.45. The highest BCUT2D eigenvalue weighted by molar-refractivity contribution is 6.30. The summed E-state index contributed by atoms with van der Waals surface area (Å²) in [6.07, 6.45) is 3.74. The fraction of sp³-hybridized carbons (Fsp3) is 0.231. The van der Waals surface area contributed by atoms with Gasteiger partial charge in [0.15, 0.2) is 5.82 Å². The van der Waals surface area contributed by atoms with E-state index in [9.17, 15) is 0 Å². The maximum absolute atomic E-state index is 6.20. The Hall–Kier alpha value is -3.79. The first kappa shape index (κ1) is 25.3. The van der Waals surface area contributed by atoms with E-state index in [1.54, 1.807) is 12.3 Å². The molecule has 1 aliphatic rings. The van der Waals surface area contributed by atoms with Crippen molar-refractivity contribution in [2.24, 2.45) is 16.6 Å². The number of halogens is 1. The van der Waals surface area contributed by atoms with Crippen molar-refractivity contribution in [1.29, 1.82) is 0 Å². The number of nitrogens with zero attached hydrogens (tertiary/aromatic N) is 3. The Kier molecular flexibility index (Phi) is 8.27. The molecular formula is C26H32ClN9. The molecule has 10 heteroatoms. The SMILES string of the molecule is NC=C(C=NCc1cccc(N2CCNC(c3cccc(Cl)c3)C2)c1)Cc1cc(N)nc(NN)c1N. The number of aliphatic imine (C=N–C) groups is 1. The molecule has 2 aromatic carbocycles. The summed E-state index contributed by atoms with van der Waals surface area (Å²) in [6.45, 7) is 3.22. The number of nitrogens with two attached hydrogens (primary N) is 4. The van der Waals surface area contributed by atoms with Crippen molar-refractivity contribution >= 4 is 40.8 Å². The van der Waals surface area contributed by atoms with Crippen molar-refractivity contribution in [3.05, 3.63) is 88.1 Å². The average molecular weight is 506 g/mol. The minimum absolute atomic E-state index is 0.223. The molecule has 0 amide bonds. The lowest BCUT2D eigenvalue weighted by Gasteiger charge is -2.35. The highest BCUT2D eigenvalue weighted by atomic mass is 35.5. The number of nitrogens with one attached hydrogen (secondary N) is 2. The van der Waals surface area contributed by atoms with E-state index in [0.717, 1.165) is 41.4 Å². The Balaban J connectivity index is 1.41. The molecule has 0 bridgehead atoms. The van der Waals surface area contributed by atoms with E-state index in [1.165, 1.54) is 17.5 Å². The Morgan fingerprint density at radius 2 is 2.03 bits per heavy atom. The van der Waals surface area contributed by atoms with Crippen molar-refractivity contribution in [2.75, 3.05) is 41.4 Å². The number of nitrogen functional groups attached to an aromatic ring is 3. The van der Waals surface area contributed by atoms with E-state index < -0.39 is 0 Å². The van der Waals surface area contributed by atoms with Crippen LogP contribution in [0.2, 0.25) is 5.02 Å². The predicted octanol–water partition coefficient (Wildman–Crippen LogP) is 2.99. The number of benzene rings is 2. The Labute approximate surface area is 216 Å². The van der Waals surface area contributed by atoms with Gasteiger partial charge < -0.3 is 32.8 Å². The highest BCUT2D eigenvalue weighted by Crippen LogP contribution is 2.26. The van der Waals surface area contributed by atoms with Gasteiger partial charge in [0.2, 0.25) is 0 Å². The van der Waals surface area contributed by atoms with Gasteiger partial charge in [-0.15, -0.1) is 0 Å². The number of piperazine rings is 1. The normalized spacial score (nSPS) is 16.4. The molecule has 9 nitrogen and oxygen atoms in total. The van der Waals surface area contributed by atoms with Gasteiger partial charge in [0, 0.05) is 49.0 Å². The molecule has 1 fully saturated rings. The van der Waals surface area contributed by atoms with Crippen LogP contribution >= 0.6 is 11.6 Å². The number of hydrogen-bond donors (Lipinski definition) is 6. The number of allylic oxidation sites excluding steroid dienone is 1. The quantitative estimate of drug-likeness (QED) is 0.155. The molecule has 3 aromatic rings. The molecule has 10 N–H and O–H groups in total. The summed E-state index contributed by atoms with van der Waals surface area (Å²) in [6, 6.07) is 18.4. The summed E-state index contributed by atoms with van der Waals surface area (Å²) in [5, 5.41) is 4.34. The first-order valence-electron chi connectivity index (χ1n) is 11.7. The van der Waals surface area contributed by atoms with E-state index >= 15 is 0 Å². The Bertz CT molecular complexity index is 1260. The Morgan fingerprint density at radius 1 is 1.19 bits per heavy atom. The van der Waals surface area contributed by atoms with Gasteiger partial charge in [0.05, 0.1) is 12.2 Å². The van der Waals surface area contributed by atoms with E-state index in [4.69, 9.17) is 34.6 Å². The topological polar surface area (TPSA) is 157 Å². The first-order valence-corrected chi connectivity index (χ1v) is 12.1. The maximum Gasteiger partial charge on any atom is 0.165 e. The number of hydrazine groups is 1. The van der Waals surface area contributed by atoms with Crippen LogP contribution in [0, 0.1) is 0 Å². The summed E-state index contributed by atoms with van der Waals surface area (Å²) in [7, 11) is 0. The second-order valence-corrected chi connectivity index (χ2v) is 9.12. The van der Waals surface area contributed by atoms with E-state index in [0.29, 0.717) is 30.3 Å². The van der Waals surface area contributed by atoms with Gasteiger partial charge in [0.1, 0.15) is 5.82 Å². The number of aromatic nitrogens is 1. The number of anilines is 4. The van der Waals surface area contributed by atoms with E-state index in [2.05, 4.69) is 56.0 Å². The van der Waals surface area contributed by atoms with Crippen molar-refractivity contribution < 1.29 is 0 Å². The molecule has 0 aliphatic carbocycles. The smallest absolute Gasteiger partial charge is 0.165 e. The second kappa shape index (κ2) is 11.8. The van der Waals surface area contributed by atoms with Gasteiger partial charge in [-0.05, 0) is 58.8 Å². The molecule has 1 saturated heterocycles. The number of hydrogen-bond acceptors (Lipinski definition) is 9. The van der Waals surface area contributed by atoms with Gasteiger partial charge in [0.25, 0.3) is 0 Å². The van der Waals surface area contributed by atoms with Gasteiger partial charge in [-0.1, -0.05) is 35.9 Å². The predicted molar refractivity (Wildman–Crippen MR) is 150 cm³/mol. The van der Waals surface area contributed by atoms with Gasteiger partial charge in [-0.25, -0.2) is 10.8 Å². The fourth-order valence-corrected chi connectivity index (χ4v) is 4.50. The maximum atomic E-state index is 6.20. The average Bonchev–Trinajstić information content (AvgIpc) is 2.90. The monoisotopic (exact) mass is 505 g/mol. The molecule has 1 aromatic heterocycles. The van der Waals surface area contributed by atoms with Crippen LogP contribution in [0.15, 0.2) is 71.4 Å². The third-order valence-electron chi connectivity index (χ3n) is 6.14. The largest absolute Gasteiger partial charge is 0.404 e. The summed E-state index contributed by atoms with van der Waals surface area (Å²) in [5.41, 5.74) is 25.8. The highest BCUT2D eigenvalue weighted by Gasteiger charge is 2.21. The minimum Gasteiger partial charge on any atom is -0.404 e. The molecular weight excluding hydrogens is 474 g/mol. The molecule has 4 rings (SSSR count). The first-order chi connectivity index (χ1) is 17.5. The van der Waals surface area contributed by atoms with Gasteiger partial charge in [-0.2, -0.15) is 0 Å². The molecule has 0 spiro atoms. The van der Waals surface area contributed by atoms with Crippen molar-refractivity contribution in [3.63, 3.8) is 0 Å². The zero-order valence-electron chi connectivity index (χ0n) is 20.0. The third kappa shape index (κ3) is 6.25. The summed E-state index contributed by atoms with van der Waals surface area (Å²) in [5.74, 6) is 6.14. The standard InChI is InChI=1S/C26H32ClN9/c27-21-5-2-4-19(11-21)23-16-36(8-7-33-23)22-6-1-3-17(10-22)14-32-15-18(13-28)9-20-12-24(29)34-26(35-31)25(20)30/h1-6,10-13,15,23,33H,7-9,14,16,28,30-31H2,(H3,29,34,35). The van der Waals surface area contributed by atoms with Crippen LogP contribution in [0.5, 0.6) is 0 Å². The molecule has 0 saturated carbocycles. The zero-order chi connectivity index (χ0) is 25.5. The van der Waals surface area contributed by atoms with E-state index in [-0.39, 0.29) is 6.04 Å². The van der Waals surface area contributed by atoms with Crippen LogP contribution in [0.3, 0.4) is 0 Å². The fourth-order valence-electron chi connectivity index (χ4n) is 4.30. The lowest BCUT2D eigenvalue weighted by atomic mass is 10.0. The third-order valence-corrected chi connectivity index (χ3v) is 6.38. The molecule has 1 unspecified atom stereocenters.